The Kier molecular flexibility index (Phi) is 3.63. The van der Waals surface area contributed by atoms with E-state index in [4.69, 9.17) is 0 Å². The van der Waals surface area contributed by atoms with Crippen LogP contribution in [-0.4, -0.2) is 9.97 Å². The molecule has 3 aromatic rings. The van der Waals surface area contributed by atoms with Crippen LogP contribution in [0.15, 0.2) is 51.5 Å². The van der Waals surface area contributed by atoms with Crippen LogP contribution < -0.4 is 0 Å². The van der Waals surface area contributed by atoms with Crippen molar-refractivity contribution in [3.8, 4) is 0 Å². The van der Waals surface area contributed by atoms with Crippen LogP contribution >= 0.6 is 39.0 Å². The fourth-order valence-corrected chi connectivity index (χ4v) is 3.83. The number of thiophene rings is 1. The molecular formula is C13H9BrN2S2. The second-order valence-electron chi connectivity index (χ2n) is 3.74. The molecule has 0 atom stereocenters. The Hall–Kier alpha value is -0.910. The summed E-state index contributed by atoms with van der Waals surface area (Å²) in [5, 5.41) is 4.27. The predicted molar refractivity (Wildman–Crippen MR) is 81.1 cm³/mol. The fraction of sp³-hybridized carbons (Fsp3) is 0.0769. The summed E-state index contributed by atoms with van der Waals surface area (Å²) in [6.45, 7) is 0. The van der Waals surface area contributed by atoms with Gasteiger partial charge in [0.1, 0.15) is 16.2 Å². The second-order valence-corrected chi connectivity index (χ2v) is 6.51. The maximum atomic E-state index is 4.36. The maximum absolute atomic E-state index is 4.36. The van der Waals surface area contributed by atoms with Crippen LogP contribution in [0.25, 0.3) is 10.2 Å². The van der Waals surface area contributed by atoms with Crippen LogP contribution in [-0.2, 0) is 5.75 Å². The summed E-state index contributed by atoms with van der Waals surface area (Å²) in [5.74, 6) is 0.918. The number of hydrogen-bond acceptors (Lipinski definition) is 4. The molecule has 90 valence electrons. The van der Waals surface area contributed by atoms with Crippen molar-refractivity contribution in [2.75, 3.05) is 0 Å². The third-order valence-electron chi connectivity index (χ3n) is 2.49. The first-order chi connectivity index (χ1) is 8.83. The van der Waals surface area contributed by atoms with Gasteiger partial charge in [0, 0.05) is 15.6 Å². The first-order valence-corrected chi connectivity index (χ1v) is 8.04. The molecule has 0 saturated heterocycles. The SMILES string of the molecule is Brc1cccc(CSc2ncnc3sccc23)c1. The van der Waals surface area contributed by atoms with Crippen LogP contribution in [0, 0.1) is 0 Å². The Bertz CT molecular complexity index is 681. The molecule has 0 amide bonds. The Labute approximate surface area is 122 Å². The lowest BCUT2D eigenvalue weighted by molar-refractivity contribution is 1.11. The van der Waals surface area contributed by atoms with Crippen molar-refractivity contribution in [3.05, 3.63) is 52.1 Å². The van der Waals surface area contributed by atoms with E-state index >= 15 is 0 Å². The Morgan fingerprint density at radius 2 is 2.17 bits per heavy atom. The summed E-state index contributed by atoms with van der Waals surface area (Å²) in [6.07, 6.45) is 1.64. The quantitative estimate of drug-likeness (QED) is 0.510. The highest BCUT2D eigenvalue weighted by Crippen LogP contribution is 2.30. The summed E-state index contributed by atoms with van der Waals surface area (Å²) in [7, 11) is 0. The minimum absolute atomic E-state index is 0.918. The summed E-state index contributed by atoms with van der Waals surface area (Å²) < 4.78 is 1.11. The first-order valence-electron chi connectivity index (χ1n) is 5.38. The van der Waals surface area contributed by atoms with E-state index in [9.17, 15) is 0 Å². The zero-order chi connectivity index (χ0) is 12.4. The molecule has 0 unspecified atom stereocenters. The average molecular weight is 337 g/mol. The van der Waals surface area contributed by atoms with Gasteiger partial charge in [-0.1, -0.05) is 28.1 Å². The molecule has 1 aromatic carbocycles. The normalized spacial score (nSPS) is 10.9. The number of halogens is 1. The van der Waals surface area contributed by atoms with E-state index in [2.05, 4.69) is 55.5 Å². The smallest absolute Gasteiger partial charge is 0.127 e. The highest BCUT2D eigenvalue weighted by Gasteiger charge is 2.05. The van der Waals surface area contributed by atoms with E-state index < -0.39 is 0 Å². The lowest BCUT2D eigenvalue weighted by Gasteiger charge is -2.02. The molecule has 0 bridgehead atoms. The lowest BCUT2D eigenvalue weighted by Crippen LogP contribution is -1.85. The molecular weight excluding hydrogens is 328 g/mol. The fourth-order valence-electron chi connectivity index (χ4n) is 1.66. The molecule has 2 aromatic heterocycles. The van der Waals surface area contributed by atoms with Crippen LogP contribution in [0.3, 0.4) is 0 Å². The number of hydrogen-bond donors (Lipinski definition) is 0. The van der Waals surface area contributed by atoms with Crippen molar-refractivity contribution >= 4 is 49.2 Å². The average Bonchev–Trinajstić information content (AvgIpc) is 2.85. The summed E-state index contributed by atoms with van der Waals surface area (Å²) >= 11 is 6.89. The zero-order valence-corrected chi connectivity index (χ0v) is 12.6. The molecule has 0 N–H and O–H groups in total. The van der Waals surface area contributed by atoms with E-state index in [1.165, 1.54) is 5.56 Å². The van der Waals surface area contributed by atoms with Gasteiger partial charge in [-0.05, 0) is 29.1 Å². The molecule has 3 rings (SSSR count). The van der Waals surface area contributed by atoms with E-state index in [1.54, 1.807) is 29.4 Å². The van der Waals surface area contributed by atoms with Crippen molar-refractivity contribution in [2.24, 2.45) is 0 Å². The van der Waals surface area contributed by atoms with Crippen LogP contribution in [0.2, 0.25) is 0 Å². The molecule has 18 heavy (non-hydrogen) atoms. The van der Waals surface area contributed by atoms with Gasteiger partial charge in [0.15, 0.2) is 0 Å². The maximum Gasteiger partial charge on any atom is 0.127 e. The largest absolute Gasteiger partial charge is 0.229 e. The molecule has 0 aliphatic carbocycles. The van der Waals surface area contributed by atoms with Crippen molar-refractivity contribution in [2.45, 2.75) is 10.8 Å². The Balaban J connectivity index is 1.83. The summed E-state index contributed by atoms with van der Waals surface area (Å²) in [6, 6.07) is 10.4. The third kappa shape index (κ3) is 2.58. The van der Waals surface area contributed by atoms with Crippen molar-refractivity contribution < 1.29 is 0 Å². The van der Waals surface area contributed by atoms with E-state index in [1.807, 2.05) is 6.07 Å². The Morgan fingerprint density at radius 3 is 3.06 bits per heavy atom. The van der Waals surface area contributed by atoms with Gasteiger partial charge in [-0.15, -0.1) is 23.1 Å². The van der Waals surface area contributed by atoms with Gasteiger partial charge in [0.05, 0.1) is 0 Å². The second kappa shape index (κ2) is 5.38. The Morgan fingerprint density at radius 1 is 1.22 bits per heavy atom. The van der Waals surface area contributed by atoms with Gasteiger partial charge in [-0.3, -0.25) is 0 Å². The van der Waals surface area contributed by atoms with Crippen molar-refractivity contribution in [1.82, 2.24) is 9.97 Å². The van der Waals surface area contributed by atoms with Gasteiger partial charge in [0.25, 0.3) is 0 Å². The standard InChI is InChI=1S/C13H9BrN2S2/c14-10-3-1-2-9(6-10)7-18-13-11-4-5-17-12(11)15-8-16-13/h1-6,8H,7H2. The number of thioether (sulfide) groups is 1. The number of aromatic nitrogens is 2. The molecule has 0 fully saturated rings. The van der Waals surface area contributed by atoms with E-state index in [0.717, 1.165) is 25.5 Å². The molecule has 0 aliphatic heterocycles. The number of benzene rings is 1. The van der Waals surface area contributed by atoms with Crippen molar-refractivity contribution in [1.29, 1.82) is 0 Å². The third-order valence-corrected chi connectivity index (χ3v) is 4.88. The van der Waals surface area contributed by atoms with Gasteiger partial charge in [-0.2, -0.15) is 0 Å². The highest BCUT2D eigenvalue weighted by atomic mass is 79.9. The summed E-state index contributed by atoms with van der Waals surface area (Å²) in [5.41, 5.74) is 1.29. The molecule has 0 radical (unpaired) electrons. The van der Waals surface area contributed by atoms with E-state index in [0.29, 0.717) is 0 Å². The summed E-state index contributed by atoms with van der Waals surface area (Å²) in [4.78, 5) is 9.68. The van der Waals surface area contributed by atoms with Gasteiger partial charge >= 0.3 is 0 Å². The number of rotatable bonds is 3. The topological polar surface area (TPSA) is 25.8 Å². The van der Waals surface area contributed by atoms with Gasteiger partial charge < -0.3 is 0 Å². The lowest BCUT2D eigenvalue weighted by atomic mass is 10.2. The van der Waals surface area contributed by atoms with Gasteiger partial charge in [0.2, 0.25) is 0 Å². The molecule has 2 nitrogen and oxygen atoms in total. The van der Waals surface area contributed by atoms with E-state index in [-0.39, 0.29) is 0 Å². The van der Waals surface area contributed by atoms with Crippen LogP contribution in [0.5, 0.6) is 0 Å². The number of fused-ring (bicyclic) bond motifs is 1. The monoisotopic (exact) mass is 336 g/mol. The highest BCUT2D eigenvalue weighted by molar-refractivity contribution is 9.10. The molecule has 2 heterocycles. The molecule has 0 spiro atoms. The minimum Gasteiger partial charge on any atom is -0.229 e. The zero-order valence-electron chi connectivity index (χ0n) is 9.34. The molecule has 0 aliphatic rings. The first kappa shape index (κ1) is 12.1. The minimum atomic E-state index is 0.918. The van der Waals surface area contributed by atoms with Crippen LogP contribution in [0.4, 0.5) is 0 Å². The molecule has 5 heteroatoms. The predicted octanol–water partition coefficient (Wildman–Crippen LogP) is 4.75. The van der Waals surface area contributed by atoms with Crippen LogP contribution in [0.1, 0.15) is 5.56 Å². The number of nitrogens with zero attached hydrogens (tertiary/aromatic N) is 2. The van der Waals surface area contributed by atoms with Gasteiger partial charge in [-0.25, -0.2) is 9.97 Å². The molecule has 0 saturated carbocycles. The van der Waals surface area contributed by atoms with Crippen molar-refractivity contribution in [3.63, 3.8) is 0 Å².